The van der Waals surface area contributed by atoms with Crippen molar-refractivity contribution in [3.8, 4) is 11.1 Å². The van der Waals surface area contributed by atoms with E-state index in [9.17, 15) is 14.7 Å². The topological polar surface area (TPSA) is 88.5 Å². The number of nitrogens with one attached hydrogen (secondary N) is 1. The Kier molecular flexibility index (Phi) is 5.85. The van der Waals surface area contributed by atoms with Gasteiger partial charge >= 0.3 is 5.97 Å². The van der Waals surface area contributed by atoms with Gasteiger partial charge in [-0.25, -0.2) is 9.78 Å². The van der Waals surface area contributed by atoms with Crippen LogP contribution >= 0.6 is 22.9 Å². The number of thiophene rings is 1. The van der Waals surface area contributed by atoms with Crippen LogP contribution in [0.15, 0.2) is 47.8 Å². The molecule has 0 aliphatic carbocycles. The number of carbonyl (C=O) groups excluding carboxylic acids is 1. The Labute approximate surface area is 164 Å². The zero-order valence-electron chi connectivity index (χ0n) is 14.2. The molecule has 0 saturated heterocycles. The van der Waals surface area contributed by atoms with Crippen LogP contribution in [0.1, 0.15) is 26.5 Å². The minimum absolute atomic E-state index is 0.0312. The minimum Gasteiger partial charge on any atom is -0.478 e. The molecule has 0 aliphatic rings. The van der Waals surface area contributed by atoms with Gasteiger partial charge in [0.2, 0.25) is 0 Å². The Bertz CT molecular complexity index is 986. The summed E-state index contributed by atoms with van der Waals surface area (Å²) < 4.78 is 5.01. The quantitative estimate of drug-likeness (QED) is 0.631. The van der Waals surface area contributed by atoms with E-state index in [1.807, 2.05) is 0 Å². The molecular formula is C19H15ClN2O4S. The highest BCUT2D eigenvalue weighted by Crippen LogP contribution is 2.36. The predicted octanol–water partition coefficient (Wildman–Crippen LogP) is 4.56. The lowest BCUT2D eigenvalue weighted by Gasteiger charge is -2.07. The van der Waals surface area contributed by atoms with Gasteiger partial charge in [0.1, 0.15) is 16.3 Å². The van der Waals surface area contributed by atoms with Crippen molar-refractivity contribution >= 4 is 39.8 Å². The molecule has 6 nitrogen and oxygen atoms in total. The number of hydrogen-bond donors (Lipinski definition) is 2. The Morgan fingerprint density at radius 1 is 1.22 bits per heavy atom. The summed E-state index contributed by atoms with van der Waals surface area (Å²) >= 11 is 7.03. The van der Waals surface area contributed by atoms with Gasteiger partial charge in [-0.3, -0.25) is 4.79 Å². The number of nitrogens with zero attached hydrogens (tertiary/aromatic N) is 1. The number of amides is 1. The number of benzene rings is 1. The molecule has 0 aliphatic heterocycles. The van der Waals surface area contributed by atoms with E-state index in [0.717, 1.165) is 11.3 Å². The van der Waals surface area contributed by atoms with Crippen molar-refractivity contribution < 1.29 is 19.4 Å². The van der Waals surface area contributed by atoms with E-state index in [-0.39, 0.29) is 22.9 Å². The van der Waals surface area contributed by atoms with E-state index >= 15 is 0 Å². The molecular weight excluding hydrogens is 388 g/mol. The highest BCUT2D eigenvalue weighted by molar-refractivity contribution is 7.15. The number of hydrogen-bond acceptors (Lipinski definition) is 5. The fourth-order valence-corrected chi connectivity index (χ4v) is 3.59. The van der Waals surface area contributed by atoms with Crippen molar-refractivity contribution in [2.24, 2.45) is 0 Å². The number of aromatic nitrogens is 1. The largest absolute Gasteiger partial charge is 0.478 e. The molecule has 138 valence electrons. The number of carbonyl (C=O) groups is 2. The third-order valence-corrected chi connectivity index (χ3v) is 4.87. The molecule has 0 fully saturated rings. The Hall–Kier alpha value is -2.74. The summed E-state index contributed by atoms with van der Waals surface area (Å²) in [5.41, 5.74) is 2.04. The maximum atomic E-state index is 12.5. The average molecular weight is 403 g/mol. The second kappa shape index (κ2) is 8.30. The highest BCUT2D eigenvalue weighted by atomic mass is 35.5. The lowest BCUT2D eigenvalue weighted by atomic mass is 10.0. The van der Waals surface area contributed by atoms with Crippen molar-refractivity contribution in [1.82, 2.24) is 4.98 Å². The molecule has 0 spiro atoms. The van der Waals surface area contributed by atoms with Gasteiger partial charge < -0.3 is 15.2 Å². The molecule has 2 heterocycles. The van der Waals surface area contributed by atoms with Crippen LogP contribution in [0.25, 0.3) is 11.1 Å². The van der Waals surface area contributed by atoms with E-state index in [1.54, 1.807) is 47.8 Å². The standard InChI is InChI=1S/C19H15ClN2O4S/c1-26-9-13-3-2-4-15(21-13)17(23)22-18-16(19(24)25)14(10-27-18)11-5-7-12(20)8-6-11/h2-8,10H,9H2,1H3,(H,22,23)(H,24,25). The van der Waals surface area contributed by atoms with E-state index in [4.69, 9.17) is 16.3 Å². The zero-order valence-corrected chi connectivity index (χ0v) is 15.8. The molecule has 2 aromatic heterocycles. The molecule has 0 saturated carbocycles. The van der Waals surface area contributed by atoms with Gasteiger partial charge in [-0.2, -0.15) is 0 Å². The number of pyridine rings is 1. The molecule has 2 N–H and O–H groups in total. The van der Waals surface area contributed by atoms with Crippen LogP contribution in [-0.4, -0.2) is 29.1 Å². The van der Waals surface area contributed by atoms with Crippen molar-refractivity contribution in [2.45, 2.75) is 6.61 Å². The third-order valence-electron chi connectivity index (χ3n) is 3.72. The van der Waals surface area contributed by atoms with Crippen molar-refractivity contribution in [3.05, 3.63) is 69.8 Å². The van der Waals surface area contributed by atoms with Gasteiger partial charge in [-0.1, -0.05) is 29.8 Å². The summed E-state index contributed by atoms with van der Waals surface area (Å²) in [4.78, 5) is 28.5. The lowest BCUT2D eigenvalue weighted by Crippen LogP contribution is -2.15. The first kappa shape index (κ1) is 19.0. The van der Waals surface area contributed by atoms with Gasteiger partial charge in [-0.05, 0) is 29.8 Å². The number of aromatic carboxylic acids is 1. The first-order chi connectivity index (χ1) is 13.0. The van der Waals surface area contributed by atoms with Gasteiger partial charge in [0.05, 0.1) is 12.3 Å². The van der Waals surface area contributed by atoms with E-state index in [0.29, 0.717) is 21.8 Å². The average Bonchev–Trinajstić information content (AvgIpc) is 3.06. The summed E-state index contributed by atoms with van der Waals surface area (Å²) in [5, 5.41) is 14.8. The highest BCUT2D eigenvalue weighted by Gasteiger charge is 2.22. The molecule has 3 rings (SSSR count). The number of rotatable bonds is 6. The SMILES string of the molecule is COCc1cccc(C(=O)Nc2scc(-c3ccc(Cl)cc3)c2C(=O)O)n1. The predicted molar refractivity (Wildman–Crippen MR) is 105 cm³/mol. The normalized spacial score (nSPS) is 10.6. The monoisotopic (exact) mass is 402 g/mol. The van der Waals surface area contributed by atoms with Crippen molar-refractivity contribution in [2.75, 3.05) is 12.4 Å². The molecule has 27 heavy (non-hydrogen) atoms. The number of methoxy groups -OCH3 is 1. The zero-order chi connectivity index (χ0) is 19.4. The van der Waals surface area contributed by atoms with Gasteiger partial charge in [0.25, 0.3) is 5.91 Å². The lowest BCUT2D eigenvalue weighted by molar-refractivity contribution is 0.0699. The third kappa shape index (κ3) is 4.33. The minimum atomic E-state index is -1.13. The van der Waals surface area contributed by atoms with E-state index in [2.05, 4.69) is 10.3 Å². The summed E-state index contributed by atoms with van der Waals surface area (Å²) in [6.07, 6.45) is 0. The van der Waals surface area contributed by atoms with E-state index in [1.165, 1.54) is 7.11 Å². The Morgan fingerprint density at radius 3 is 2.63 bits per heavy atom. The summed E-state index contributed by atoms with van der Waals surface area (Å²) in [5.74, 6) is -1.61. The molecule has 1 aromatic carbocycles. The number of carboxylic acids is 1. The van der Waals surface area contributed by atoms with Crippen LogP contribution < -0.4 is 5.32 Å². The first-order valence-electron chi connectivity index (χ1n) is 7.86. The summed E-state index contributed by atoms with van der Waals surface area (Å²) in [6, 6.07) is 11.8. The molecule has 0 radical (unpaired) electrons. The molecule has 0 atom stereocenters. The van der Waals surface area contributed by atoms with Crippen LogP contribution in [0.4, 0.5) is 5.00 Å². The van der Waals surface area contributed by atoms with Crippen LogP contribution in [0, 0.1) is 0 Å². The maximum absolute atomic E-state index is 12.5. The number of anilines is 1. The van der Waals surface area contributed by atoms with Crippen molar-refractivity contribution in [1.29, 1.82) is 0 Å². The maximum Gasteiger partial charge on any atom is 0.339 e. The Morgan fingerprint density at radius 2 is 1.96 bits per heavy atom. The smallest absolute Gasteiger partial charge is 0.339 e. The van der Waals surface area contributed by atoms with Gasteiger partial charge in [0.15, 0.2) is 0 Å². The molecule has 3 aromatic rings. The number of carboxylic acid groups (broad SMARTS) is 1. The molecule has 1 amide bonds. The van der Waals surface area contributed by atoms with Crippen LogP contribution in [0.3, 0.4) is 0 Å². The summed E-state index contributed by atoms with van der Waals surface area (Å²) in [6.45, 7) is 0.279. The molecule has 0 bridgehead atoms. The van der Waals surface area contributed by atoms with E-state index < -0.39 is 11.9 Å². The fourth-order valence-electron chi connectivity index (χ4n) is 2.51. The van der Waals surface area contributed by atoms with Crippen LogP contribution in [0.2, 0.25) is 5.02 Å². The molecule has 8 heteroatoms. The van der Waals surface area contributed by atoms with Gasteiger partial charge in [0, 0.05) is 23.1 Å². The number of halogens is 1. The van der Waals surface area contributed by atoms with Crippen molar-refractivity contribution in [3.63, 3.8) is 0 Å². The van der Waals surface area contributed by atoms with Crippen LogP contribution in [-0.2, 0) is 11.3 Å². The number of ether oxygens (including phenoxy) is 1. The molecule has 0 unspecified atom stereocenters. The Balaban J connectivity index is 1.91. The fraction of sp³-hybridized carbons (Fsp3) is 0.105. The summed E-state index contributed by atoms with van der Waals surface area (Å²) in [7, 11) is 1.54. The van der Waals surface area contributed by atoms with Gasteiger partial charge in [-0.15, -0.1) is 11.3 Å². The second-order valence-electron chi connectivity index (χ2n) is 5.57. The first-order valence-corrected chi connectivity index (χ1v) is 9.12. The van der Waals surface area contributed by atoms with Crippen LogP contribution in [0.5, 0.6) is 0 Å². The second-order valence-corrected chi connectivity index (χ2v) is 6.88.